The predicted molar refractivity (Wildman–Crippen MR) is 174 cm³/mol. The van der Waals surface area contributed by atoms with Crippen LogP contribution in [0.25, 0.3) is 17.5 Å². The van der Waals surface area contributed by atoms with Crippen molar-refractivity contribution in [3.8, 4) is 11.4 Å². The lowest BCUT2D eigenvalue weighted by molar-refractivity contribution is -0.138. The van der Waals surface area contributed by atoms with Gasteiger partial charge in [-0.1, -0.05) is 71.5 Å². The number of methoxy groups -OCH3 is 1. The number of hydrogen-bond acceptors (Lipinski definition) is 6. The zero-order valence-corrected chi connectivity index (χ0v) is 26.3. The Labute approximate surface area is 263 Å². The first-order valence-corrected chi connectivity index (χ1v) is 15.4. The first-order chi connectivity index (χ1) is 21.3. The normalized spacial score (nSPS) is 14.8. The number of aromatic nitrogens is 2. The standard InChI is InChI=1S/C35H30ClN3O4S/c1-5-43-34(41)30-31(23-10-7-6-8-11-23)37-35-39(32(30)24-14-16-28(42-4)17-15-24)33(40)29(44-35)19-25-18-21(2)38(22(25)3)27-13-9-12-26(36)20-27/h6-20,32H,5H2,1-4H3/b29-19+/t32-/m0/s1. The molecule has 0 unspecified atom stereocenters. The Hall–Kier alpha value is -4.66. The highest BCUT2D eigenvalue weighted by Gasteiger charge is 2.35. The first kappa shape index (κ1) is 29.4. The van der Waals surface area contributed by atoms with E-state index in [1.165, 1.54) is 11.3 Å². The first-order valence-electron chi connectivity index (χ1n) is 14.2. The van der Waals surface area contributed by atoms with Gasteiger partial charge >= 0.3 is 5.97 Å². The molecular weight excluding hydrogens is 594 g/mol. The lowest BCUT2D eigenvalue weighted by Gasteiger charge is -2.26. The van der Waals surface area contributed by atoms with E-state index >= 15 is 0 Å². The number of fused-ring (bicyclic) bond motifs is 1. The molecule has 7 nitrogen and oxygen atoms in total. The maximum Gasteiger partial charge on any atom is 0.338 e. The van der Waals surface area contributed by atoms with E-state index in [0.29, 0.717) is 31.4 Å². The van der Waals surface area contributed by atoms with Gasteiger partial charge in [-0.15, -0.1) is 0 Å². The number of ether oxygens (including phenoxy) is 2. The van der Waals surface area contributed by atoms with Gasteiger partial charge in [-0.25, -0.2) is 9.79 Å². The van der Waals surface area contributed by atoms with Crippen LogP contribution in [-0.2, 0) is 9.53 Å². The number of thiazole rings is 1. The number of benzene rings is 3. The number of carbonyl (C=O) groups excluding carboxylic acids is 1. The van der Waals surface area contributed by atoms with E-state index in [9.17, 15) is 9.59 Å². The zero-order chi connectivity index (χ0) is 31.0. The van der Waals surface area contributed by atoms with Crippen molar-refractivity contribution in [1.82, 2.24) is 9.13 Å². The maximum absolute atomic E-state index is 14.3. The second kappa shape index (κ2) is 12.1. The molecule has 0 aliphatic carbocycles. The minimum absolute atomic E-state index is 0.187. The third kappa shape index (κ3) is 5.31. The van der Waals surface area contributed by atoms with Crippen LogP contribution in [0.4, 0.5) is 0 Å². The third-order valence-electron chi connectivity index (χ3n) is 7.63. The monoisotopic (exact) mass is 623 g/mol. The van der Waals surface area contributed by atoms with Gasteiger partial charge in [0.1, 0.15) is 5.75 Å². The summed E-state index contributed by atoms with van der Waals surface area (Å²) in [6.07, 6.45) is 1.90. The van der Waals surface area contributed by atoms with E-state index in [4.69, 9.17) is 26.1 Å². The summed E-state index contributed by atoms with van der Waals surface area (Å²) in [5, 5.41) is 0.648. The molecule has 9 heteroatoms. The van der Waals surface area contributed by atoms with E-state index in [2.05, 4.69) is 10.6 Å². The fourth-order valence-electron chi connectivity index (χ4n) is 5.63. The Balaban J connectivity index is 1.60. The average molecular weight is 624 g/mol. The van der Waals surface area contributed by atoms with Crippen LogP contribution in [0.5, 0.6) is 5.75 Å². The van der Waals surface area contributed by atoms with Crippen molar-refractivity contribution in [1.29, 1.82) is 0 Å². The van der Waals surface area contributed by atoms with Crippen LogP contribution in [0, 0.1) is 13.8 Å². The van der Waals surface area contributed by atoms with E-state index in [0.717, 1.165) is 33.8 Å². The molecule has 0 saturated heterocycles. The van der Waals surface area contributed by atoms with Gasteiger partial charge in [0, 0.05) is 27.7 Å². The summed E-state index contributed by atoms with van der Waals surface area (Å²) in [5.41, 5.74) is 5.88. The van der Waals surface area contributed by atoms with Crippen molar-refractivity contribution in [3.05, 3.63) is 143 Å². The number of carbonyl (C=O) groups is 1. The molecule has 0 N–H and O–H groups in total. The van der Waals surface area contributed by atoms with Crippen LogP contribution >= 0.6 is 22.9 Å². The molecule has 6 rings (SSSR count). The Morgan fingerprint density at radius 3 is 2.45 bits per heavy atom. The van der Waals surface area contributed by atoms with Crippen LogP contribution < -0.4 is 19.6 Å². The van der Waals surface area contributed by atoms with Crippen LogP contribution in [-0.4, -0.2) is 28.8 Å². The van der Waals surface area contributed by atoms with Gasteiger partial charge in [-0.3, -0.25) is 9.36 Å². The number of hydrogen-bond donors (Lipinski definition) is 0. The molecule has 0 spiro atoms. The molecule has 0 fully saturated rings. The molecule has 222 valence electrons. The molecule has 1 aliphatic rings. The summed E-state index contributed by atoms with van der Waals surface area (Å²) in [7, 11) is 1.60. The summed E-state index contributed by atoms with van der Waals surface area (Å²) in [6, 6.07) is 25.9. The largest absolute Gasteiger partial charge is 0.497 e. The number of halogens is 1. The molecular formula is C35H30ClN3O4S. The second-order valence-electron chi connectivity index (χ2n) is 10.3. The molecule has 1 aliphatic heterocycles. The number of nitrogens with zero attached hydrogens (tertiary/aromatic N) is 3. The fourth-order valence-corrected chi connectivity index (χ4v) is 6.81. The molecule has 2 aromatic heterocycles. The van der Waals surface area contributed by atoms with Gasteiger partial charge < -0.3 is 14.0 Å². The molecule has 0 bridgehead atoms. The van der Waals surface area contributed by atoms with Crippen molar-refractivity contribution >= 4 is 40.7 Å². The molecule has 0 saturated carbocycles. The third-order valence-corrected chi connectivity index (χ3v) is 8.85. The number of esters is 1. The van der Waals surface area contributed by atoms with Gasteiger partial charge in [0.2, 0.25) is 0 Å². The zero-order valence-electron chi connectivity index (χ0n) is 24.7. The molecule has 5 aromatic rings. The lowest BCUT2D eigenvalue weighted by atomic mass is 9.93. The summed E-state index contributed by atoms with van der Waals surface area (Å²) >= 11 is 7.59. The van der Waals surface area contributed by atoms with Crippen LogP contribution in [0.3, 0.4) is 0 Å². The Bertz CT molecular complexity index is 2090. The van der Waals surface area contributed by atoms with Gasteiger partial charge in [0.25, 0.3) is 5.56 Å². The molecule has 1 atom stereocenters. The van der Waals surface area contributed by atoms with Crippen molar-refractivity contribution < 1.29 is 14.3 Å². The SMILES string of the molecule is CCOC(=O)C1=C(c2ccccc2)N=c2s/c(=C/c3cc(C)n(-c4cccc(Cl)c4)c3C)c(=O)n2[C@H]1c1ccc(OC)cc1. The molecule has 3 aromatic carbocycles. The molecule has 0 amide bonds. The van der Waals surface area contributed by atoms with E-state index in [-0.39, 0.29) is 12.2 Å². The fraction of sp³-hybridized carbons (Fsp3) is 0.171. The minimum Gasteiger partial charge on any atom is -0.497 e. The summed E-state index contributed by atoms with van der Waals surface area (Å²) < 4.78 is 15.2. The molecule has 3 heterocycles. The van der Waals surface area contributed by atoms with Crippen molar-refractivity contribution in [2.45, 2.75) is 26.8 Å². The number of rotatable bonds is 7. The van der Waals surface area contributed by atoms with Gasteiger partial charge in [0.05, 0.1) is 35.6 Å². The minimum atomic E-state index is -0.757. The summed E-state index contributed by atoms with van der Waals surface area (Å²) in [6.45, 7) is 5.99. The average Bonchev–Trinajstić information content (AvgIpc) is 3.50. The molecule has 44 heavy (non-hydrogen) atoms. The Morgan fingerprint density at radius 2 is 1.77 bits per heavy atom. The van der Waals surface area contributed by atoms with Crippen LogP contribution in [0.2, 0.25) is 5.02 Å². The predicted octanol–water partition coefficient (Wildman–Crippen LogP) is 6.01. The summed E-state index contributed by atoms with van der Waals surface area (Å²) in [4.78, 5) is 33.4. The smallest absolute Gasteiger partial charge is 0.338 e. The van der Waals surface area contributed by atoms with E-state index in [1.807, 2.05) is 98.8 Å². The Morgan fingerprint density at radius 1 is 1.02 bits per heavy atom. The highest BCUT2D eigenvalue weighted by atomic mass is 35.5. The van der Waals surface area contributed by atoms with Crippen LogP contribution in [0.15, 0.2) is 100 Å². The topological polar surface area (TPSA) is 74.8 Å². The highest BCUT2D eigenvalue weighted by molar-refractivity contribution is 7.07. The molecule has 0 radical (unpaired) electrons. The van der Waals surface area contributed by atoms with Crippen molar-refractivity contribution in [2.75, 3.05) is 13.7 Å². The number of aryl methyl sites for hydroxylation is 1. The highest BCUT2D eigenvalue weighted by Crippen LogP contribution is 2.35. The van der Waals surface area contributed by atoms with E-state index in [1.54, 1.807) is 18.6 Å². The van der Waals surface area contributed by atoms with Gasteiger partial charge in [0.15, 0.2) is 4.80 Å². The Kier molecular flexibility index (Phi) is 8.12. The second-order valence-corrected chi connectivity index (χ2v) is 11.8. The van der Waals surface area contributed by atoms with Crippen molar-refractivity contribution in [2.24, 2.45) is 4.99 Å². The van der Waals surface area contributed by atoms with Crippen molar-refractivity contribution in [3.63, 3.8) is 0 Å². The van der Waals surface area contributed by atoms with Gasteiger partial charge in [-0.2, -0.15) is 0 Å². The quantitative estimate of drug-likeness (QED) is 0.208. The lowest BCUT2D eigenvalue weighted by Crippen LogP contribution is -2.40. The van der Waals surface area contributed by atoms with Crippen LogP contribution in [0.1, 0.15) is 41.0 Å². The van der Waals surface area contributed by atoms with Gasteiger partial charge in [-0.05, 0) is 74.4 Å². The maximum atomic E-state index is 14.3. The summed E-state index contributed by atoms with van der Waals surface area (Å²) in [5.74, 6) is 0.149. The van der Waals surface area contributed by atoms with E-state index < -0.39 is 12.0 Å².